The molecule has 6 atom stereocenters. The highest BCUT2D eigenvalue weighted by atomic mass is 32.2. The molecule has 0 bridgehead atoms. The maximum Gasteiger partial charge on any atom is 0.277 e. The number of sulfone groups is 3. The zero-order valence-corrected chi connectivity index (χ0v) is 60.1. The molecule has 36 heteroatoms. The number of nitrogens with zero attached hydrogens (tertiary/aromatic N) is 6. The normalized spacial score (nSPS) is 22.4. The number of rotatable bonds is 24. The Morgan fingerprint density at radius 3 is 0.870 bits per heavy atom. The van der Waals surface area contributed by atoms with Gasteiger partial charge in [0.05, 0.1) is 136 Å². The van der Waals surface area contributed by atoms with Crippen molar-refractivity contribution in [3.8, 4) is 0 Å². The van der Waals surface area contributed by atoms with Crippen LogP contribution in [0.3, 0.4) is 0 Å². The fraction of sp³-hybridized carbons (Fsp3) is 0.458. The minimum atomic E-state index is -3.72. The van der Waals surface area contributed by atoms with Crippen molar-refractivity contribution in [3.63, 3.8) is 0 Å². The van der Waals surface area contributed by atoms with Crippen molar-refractivity contribution in [2.24, 2.45) is 32.7 Å². The van der Waals surface area contributed by atoms with Crippen LogP contribution in [0.5, 0.6) is 0 Å². The zero-order valence-electron chi connectivity index (χ0n) is 57.7. The molecule has 15 rings (SSSR count). The van der Waals surface area contributed by atoms with Gasteiger partial charge < -0.3 is 30.2 Å². The van der Waals surface area contributed by atoms with Gasteiger partial charge in [-0.05, 0) is 110 Å². The number of Topliss-reactive ketones (excluding diaryl/α,β-unsaturated/α-hetero) is 3. The summed E-state index contributed by atoms with van der Waals surface area (Å²) in [6.45, 7) is 1.75. The van der Waals surface area contributed by atoms with Gasteiger partial charge in [0, 0.05) is 96.4 Å². The summed E-state index contributed by atoms with van der Waals surface area (Å²) in [7, 11) is -11.1. The number of carbonyl (C=O) groups excluding carboxylic acids is 3. The van der Waals surface area contributed by atoms with Gasteiger partial charge in [-0.15, -0.1) is 0 Å². The molecule has 21 nitrogen and oxygen atoms in total. The molecule has 3 aromatic carbocycles. The highest BCUT2D eigenvalue weighted by Gasteiger charge is 2.62. The molecule has 6 fully saturated rings. The number of nitrogens with one attached hydrogen (secondary N) is 3. The molecule has 1 unspecified atom stereocenters. The van der Waals surface area contributed by atoms with Crippen LogP contribution in [0.4, 0.5) is 104 Å². The molecule has 3 saturated heterocycles. The predicted octanol–water partition coefficient (Wildman–Crippen LogP) is 14.2. The second-order valence-electron chi connectivity index (χ2n) is 28.1. The lowest BCUT2D eigenvalue weighted by Gasteiger charge is -2.17. The zero-order chi connectivity index (χ0) is 77.5. The number of aliphatic imine (C=N–C) groups is 3. The second-order valence-corrected chi connectivity index (χ2v) is 34.0. The second kappa shape index (κ2) is 29.7. The average molecular weight is 1580 g/mol. The minimum Gasteiger partial charge on any atom is -0.374 e. The molecule has 3 saturated carbocycles. The van der Waals surface area contributed by atoms with Crippen molar-refractivity contribution >= 4 is 115 Å². The van der Waals surface area contributed by atoms with Gasteiger partial charge in [0.15, 0.2) is 29.5 Å². The topological polar surface area (TPSA) is 293 Å². The lowest BCUT2D eigenvalue weighted by atomic mass is 10.1. The molecule has 0 amide bonds. The summed E-state index contributed by atoms with van der Waals surface area (Å²) in [5.41, 5.74) is 3.01. The van der Waals surface area contributed by atoms with E-state index in [0.717, 1.165) is 57.3 Å². The van der Waals surface area contributed by atoms with Gasteiger partial charge in [0.25, 0.3) is 37.0 Å². The van der Waals surface area contributed by atoms with Crippen LogP contribution >= 0.6 is 0 Å². The number of hydrogen-bond acceptors (Lipinski definition) is 21. The maximum absolute atomic E-state index is 13.4. The number of aromatic nitrogens is 3. The first-order valence-electron chi connectivity index (χ1n) is 34.3. The Bertz CT molecular complexity index is 4610. The third-order valence-electron chi connectivity index (χ3n) is 19.6. The summed E-state index contributed by atoms with van der Waals surface area (Å²) in [6.07, 6.45) is -4.69. The SMILES string of the molecule is CS(=O)(=O)c1cc([C@@H]2CCCO2)ccc1Nc1cc(CC(=O)C2CC2(F)F)nc2c1N=C(C(F)F)C2.CS(=O)(=O)c1cc([C@@H]2CCCO2)ccc1Nc1cc(CC(=O)[C@@H]2CC2(F)F)nc2c1N=C(C(F)F)C2.CS(=O)(=O)c1cc([C@@H]2CCCO2)ccc1Nc1cc(CC(=O)[C@H]2CC2(F)F)nc2c1N=C(C(F)F)C2. The van der Waals surface area contributed by atoms with E-state index in [9.17, 15) is 92.3 Å². The first-order chi connectivity index (χ1) is 50.8. The molecule has 9 heterocycles. The number of hydrogen-bond donors (Lipinski definition) is 3. The van der Waals surface area contributed by atoms with E-state index in [2.05, 4.69) is 45.9 Å². The summed E-state index contributed by atoms with van der Waals surface area (Å²) in [4.78, 5) is 61.5. The highest BCUT2D eigenvalue weighted by molar-refractivity contribution is 7.91. The predicted molar refractivity (Wildman–Crippen MR) is 371 cm³/mol. The molecule has 6 aromatic rings. The first-order valence-corrected chi connectivity index (χ1v) is 40.0. The molecule has 6 aliphatic heterocycles. The van der Waals surface area contributed by atoms with Crippen molar-refractivity contribution in [2.75, 3.05) is 54.5 Å². The van der Waals surface area contributed by atoms with Crippen LogP contribution in [0.1, 0.15) is 127 Å². The van der Waals surface area contributed by atoms with Crippen molar-refractivity contribution in [3.05, 3.63) is 124 Å². The van der Waals surface area contributed by atoms with Crippen LogP contribution in [0.25, 0.3) is 0 Å². The monoisotopic (exact) mass is 1580 g/mol. The van der Waals surface area contributed by atoms with E-state index >= 15 is 0 Å². The van der Waals surface area contributed by atoms with E-state index in [1.54, 1.807) is 36.4 Å². The Hall–Kier alpha value is -8.58. The number of fused-ring (bicyclic) bond motifs is 3. The third-order valence-corrected chi connectivity index (χ3v) is 23.0. The van der Waals surface area contributed by atoms with E-state index in [4.69, 9.17) is 14.2 Å². The van der Waals surface area contributed by atoms with Crippen molar-refractivity contribution < 1.29 is 107 Å². The quantitative estimate of drug-likeness (QED) is 0.0474. The molecule has 3 aliphatic carbocycles. The fourth-order valence-electron chi connectivity index (χ4n) is 13.7. The van der Waals surface area contributed by atoms with Crippen LogP contribution in [0.2, 0.25) is 0 Å². The largest absolute Gasteiger partial charge is 0.374 e. The van der Waals surface area contributed by atoms with Gasteiger partial charge in [-0.25, -0.2) is 92.9 Å². The Balaban J connectivity index is 0.000000143. The van der Waals surface area contributed by atoms with E-state index in [1.165, 1.54) is 36.4 Å². The van der Waals surface area contributed by atoms with Crippen LogP contribution < -0.4 is 16.0 Å². The number of pyridine rings is 3. The number of anilines is 6. The van der Waals surface area contributed by atoms with Gasteiger partial charge in [0.1, 0.15) is 34.4 Å². The standard InChI is InChI=1S/3C24H23F4N3O4S/c3*1-36(33,34)21-7-12(20-3-2-6-35-20)4-5-15(21)30-16-8-13(9-19(32)14-11-24(14,27)28)29-17-10-18(23(25)26)31-22(16)17/h3*4-5,7-8,14,20,23H,2-3,6,9-11H2,1H3,(H,29,30)/t14?,20-;14-,20+;14-,20-/m010/s1. The average Bonchev–Trinajstić information content (AvgIpc) is 1.65. The van der Waals surface area contributed by atoms with Crippen molar-refractivity contribution in [2.45, 2.75) is 166 Å². The van der Waals surface area contributed by atoms with E-state index in [1.807, 2.05) is 0 Å². The number of ether oxygens (including phenoxy) is 3. The van der Waals surface area contributed by atoms with Gasteiger partial charge in [-0.1, -0.05) is 18.2 Å². The van der Waals surface area contributed by atoms with E-state index in [-0.39, 0.29) is 138 Å². The molecule has 108 heavy (non-hydrogen) atoms. The van der Waals surface area contributed by atoms with Crippen molar-refractivity contribution in [1.82, 2.24) is 15.0 Å². The minimum absolute atomic E-state index is 0.0210. The highest BCUT2D eigenvalue weighted by Crippen LogP contribution is 2.53. The lowest BCUT2D eigenvalue weighted by molar-refractivity contribution is -0.122. The molecule has 3 N–H and O–H groups in total. The van der Waals surface area contributed by atoms with Gasteiger partial charge in [-0.3, -0.25) is 29.3 Å². The van der Waals surface area contributed by atoms with Crippen LogP contribution in [-0.2, 0) is 96.6 Å². The number of ketones is 3. The fourth-order valence-corrected chi connectivity index (χ4v) is 16.3. The van der Waals surface area contributed by atoms with Gasteiger partial charge >= 0.3 is 0 Å². The Morgan fingerprint density at radius 1 is 0.417 bits per heavy atom. The summed E-state index contributed by atoms with van der Waals surface area (Å²) in [5, 5.41) is 8.88. The Kier molecular flexibility index (Phi) is 21.3. The summed E-state index contributed by atoms with van der Waals surface area (Å²) < 4.78 is 253. The number of benzene rings is 3. The Labute approximate surface area is 611 Å². The number of carbonyl (C=O) groups is 3. The molecule has 9 aliphatic rings. The molecule has 576 valence electrons. The molecular weight excluding hydrogens is 1510 g/mol. The molecule has 0 radical (unpaired) electrons. The summed E-state index contributed by atoms with van der Waals surface area (Å²) >= 11 is 0. The maximum atomic E-state index is 13.4. The molecular formula is C72H69F12N9O12S3. The summed E-state index contributed by atoms with van der Waals surface area (Å²) in [6, 6.07) is 18.5. The number of alkyl halides is 12. The first kappa shape index (κ1) is 77.6. The van der Waals surface area contributed by atoms with Crippen LogP contribution in [0.15, 0.2) is 102 Å². The van der Waals surface area contributed by atoms with E-state index in [0.29, 0.717) is 36.5 Å². The van der Waals surface area contributed by atoms with Gasteiger partial charge in [-0.2, -0.15) is 0 Å². The Morgan fingerprint density at radius 2 is 0.667 bits per heavy atom. The molecule has 3 aromatic heterocycles. The third kappa shape index (κ3) is 17.4. The smallest absolute Gasteiger partial charge is 0.277 e. The summed E-state index contributed by atoms with van der Waals surface area (Å²) in [5.74, 6) is -15.3. The lowest BCUT2D eigenvalue weighted by Crippen LogP contribution is -2.13. The van der Waals surface area contributed by atoms with E-state index < -0.39 is 157 Å². The van der Waals surface area contributed by atoms with Crippen molar-refractivity contribution in [1.29, 1.82) is 0 Å². The molecule has 0 spiro atoms. The number of halogens is 12. The van der Waals surface area contributed by atoms with Gasteiger partial charge in [0.2, 0.25) is 0 Å². The van der Waals surface area contributed by atoms with Crippen LogP contribution in [-0.4, -0.2) is 150 Å². The van der Waals surface area contributed by atoms with Crippen LogP contribution in [0, 0.1) is 17.8 Å².